The maximum absolute atomic E-state index is 11.7. The molecule has 0 saturated carbocycles. The van der Waals surface area contributed by atoms with Crippen molar-refractivity contribution in [1.82, 2.24) is 20.9 Å². The maximum Gasteiger partial charge on any atom is 0.251 e. The van der Waals surface area contributed by atoms with Crippen LogP contribution < -0.4 is 16.0 Å². The Morgan fingerprint density at radius 2 is 1.69 bits per heavy atom. The summed E-state index contributed by atoms with van der Waals surface area (Å²) in [4.78, 5) is 18.2. The van der Waals surface area contributed by atoms with Crippen molar-refractivity contribution in [3.63, 3.8) is 0 Å². The predicted molar refractivity (Wildman–Crippen MR) is 131 cm³/mol. The van der Waals surface area contributed by atoms with Crippen molar-refractivity contribution in [3.05, 3.63) is 70.8 Å². The van der Waals surface area contributed by atoms with E-state index in [9.17, 15) is 4.79 Å². The first-order chi connectivity index (χ1) is 13.5. The summed E-state index contributed by atoms with van der Waals surface area (Å²) in [7, 11) is 7.55. The molecule has 0 heterocycles. The number of benzene rings is 2. The number of carbonyl (C=O) groups excluding carboxylic acids is 1. The Morgan fingerprint density at radius 3 is 2.38 bits per heavy atom. The third-order valence-corrected chi connectivity index (χ3v) is 4.30. The standard InChI is InChI=1S/C22H31N5O.HI/c1-23-21(28)20-10-6-7-17(14-20)11-12-25-22(24-2)26-15-18-8-5-9-19(13-18)16-27(3)4;/h5-10,13-14H,11-12,15-16H2,1-4H3,(H,23,28)(H2,24,25,26);1H. The van der Waals surface area contributed by atoms with Crippen LogP contribution in [0, 0.1) is 0 Å². The van der Waals surface area contributed by atoms with Gasteiger partial charge in [0.1, 0.15) is 0 Å². The molecule has 29 heavy (non-hydrogen) atoms. The second-order valence-corrected chi connectivity index (χ2v) is 6.94. The van der Waals surface area contributed by atoms with Crippen molar-refractivity contribution < 1.29 is 4.79 Å². The van der Waals surface area contributed by atoms with E-state index in [1.807, 2.05) is 24.3 Å². The van der Waals surface area contributed by atoms with Gasteiger partial charge < -0.3 is 20.9 Å². The Kier molecular flexibility index (Phi) is 11.3. The third kappa shape index (κ3) is 8.82. The molecule has 0 atom stereocenters. The summed E-state index contributed by atoms with van der Waals surface area (Å²) in [6.07, 6.45) is 0.809. The molecule has 2 rings (SSSR count). The lowest BCUT2D eigenvalue weighted by Crippen LogP contribution is -2.37. The minimum Gasteiger partial charge on any atom is -0.356 e. The number of hydrogen-bond donors (Lipinski definition) is 3. The van der Waals surface area contributed by atoms with E-state index in [1.54, 1.807) is 14.1 Å². The summed E-state index contributed by atoms with van der Waals surface area (Å²) in [6.45, 7) is 2.38. The second-order valence-electron chi connectivity index (χ2n) is 6.94. The highest BCUT2D eigenvalue weighted by molar-refractivity contribution is 14.0. The lowest BCUT2D eigenvalue weighted by Gasteiger charge is -2.14. The predicted octanol–water partition coefficient (Wildman–Crippen LogP) is 2.63. The van der Waals surface area contributed by atoms with Gasteiger partial charge in [0.05, 0.1) is 0 Å². The molecule has 3 N–H and O–H groups in total. The summed E-state index contributed by atoms with van der Waals surface area (Å²) >= 11 is 0. The molecule has 2 aromatic rings. The fraction of sp³-hybridized carbons (Fsp3) is 0.364. The van der Waals surface area contributed by atoms with Gasteiger partial charge in [-0.15, -0.1) is 24.0 Å². The van der Waals surface area contributed by atoms with Crippen LogP contribution in [-0.2, 0) is 19.5 Å². The van der Waals surface area contributed by atoms with Gasteiger partial charge in [-0.2, -0.15) is 0 Å². The van der Waals surface area contributed by atoms with Crippen LogP contribution in [0.15, 0.2) is 53.5 Å². The highest BCUT2D eigenvalue weighted by atomic mass is 127. The van der Waals surface area contributed by atoms with Crippen molar-refractivity contribution >= 4 is 35.8 Å². The zero-order valence-electron chi connectivity index (χ0n) is 17.7. The Balaban J connectivity index is 0.00000420. The molecule has 0 aliphatic rings. The van der Waals surface area contributed by atoms with Gasteiger partial charge in [0.15, 0.2) is 5.96 Å². The van der Waals surface area contributed by atoms with Gasteiger partial charge in [0.2, 0.25) is 0 Å². The van der Waals surface area contributed by atoms with Crippen molar-refractivity contribution in [3.8, 4) is 0 Å². The molecule has 0 spiro atoms. The molecular formula is C22H32IN5O. The maximum atomic E-state index is 11.7. The van der Waals surface area contributed by atoms with Gasteiger partial charge in [-0.05, 0) is 49.3 Å². The van der Waals surface area contributed by atoms with E-state index >= 15 is 0 Å². The van der Waals surface area contributed by atoms with Gasteiger partial charge in [-0.1, -0.05) is 36.4 Å². The molecule has 0 unspecified atom stereocenters. The molecular weight excluding hydrogens is 477 g/mol. The SMILES string of the molecule is CN=C(NCCc1cccc(C(=O)NC)c1)NCc1cccc(CN(C)C)c1.I. The first-order valence-corrected chi connectivity index (χ1v) is 9.50. The highest BCUT2D eigenvalue weighted by Gasteiger charge is 2.04. The minimum absolute atomic E-state index is 0. The topological polar surface area (TPSA) is 68.8 Å². The first kappa shape index (κ1) is 24.9. The summed E-state index contributed by atoms with van der Waals surface area (Å²) in [5.41, 5.74) is 4.31. The average Bonchev–Trinajstić information content (AvgIpc) is 2.70. The molecule has 0 radical (unpaired) electrons. The lowest BCUT2D eigenvalue weighted by molar-refractivity contribution is 0.0963. The number of aliphatic imine (C=N–C) groups is 1. The molecule has 1 amide bonds. The normalized spacial score (nSPS) is 11.0. The smallest absolute Gasteiger partial charge is 0.251 e. The zero-order valence-corrected chi connectivity index (χ0v) is 20.0. The van der Waals surface area contributed by atoms with E-state index in [0.29, 0.717) is 12.1 Å². The molecule has 158 valence electrons. The molecule has 7 heteroatoms. The van der Waals surface area contributed by atoms with Crippen molar-refractivity contribution in [2.24, 2.45) is 4.99 Å². The number of amides is 1. The quantitative estimate of drug-likeness (QED) is 0.291. The minimum atomic E-state index is -0.0659. The number of hydrogen-bond acceptors (Lipinski definition) is 3. The number of carbonyl (C=O) groups is 1. The molecule has 0 fully saturated rings. The number of rotatable bonds is 8. The van der Waals surface area contributed by atoms with Gasteiger partial charge in [0.25, 0.3) is 5.91 Å². The summed E-state index contributed by atoms with van der Waals surface area (Å²) < 4.78 is 0. The summed E-state index contributed by atoms with van der Waals surface area (Å²) in [5.74, 6) is 0.698. The average molecular weight is 509 g/mol. The van der Waals surface area contributed by atoms with Crippen LogP contribution in [0.1, 0.15) is 27.0 Å². The Bertz CT molecular complexity index is 807. The Hall–Kier alpha value is -2.13. The molecule has 0 saturated heterocycles. The monoisotopic (exact) mass is 509 g/mol. The molecule has 0 bridgehead atoms. The number of guanidine groups is 1. The second kappa shape index (κ2) is 13.2. The van der Waals surface area contributed by atoms with Crippen molar-refractivity contribution in [2.75, 3.05) is 34.7 Å². The van der Waals surface area contributed by atoms with Crippen LogP contribution in [0.25, 0.3) is 0 Å². The number of halogens is 1. The van der Waals surface area contributed by atoms with Crippen LogP contribution in [-0.4, -0.2) is 51.5 Å². The summed E-state index contributed by atoms with van der Waals surface area (Å²) in [6, 6.07) is 16.2. The molecule has 0 aliphatic heterocycles. The molecule has 0 aliphatic carbocycles. The summed E-state index contributed by atoms with van der Waals surface area (Å²) in [5, 5.41) is 9.33. The van der Waals surface area contributed by atoms with Gasteiger partial charge in [0, 0.05) is 39.3 Å². The van der Waals surface area contributed by atoms with Crippen LogP contribution >= 0.6 is 24.0 Å². The largest absolute Gasteiger partial charge is 0.356 e. The fourth-order valence-electron chi connectivity index (χ4n) is 2.95. The van der Waals surface area contributed by atoms with E-state index < -0.39 is 0 Å². The first-order valence-electron chi connectivity index (χ1n) is 9.50. The van der Waals surface area contributed by atoms with E-state index in [0.717, 1.165) is 31.0 Å². The molecule has 6 nitrogen and oxygen atoms in total. The van der Waals surface area contributed by atoms with E-state index in [4.69, 9.17) is 0 Å². The zero-order chi connectivity index (χ0) is 20.4. The Labute approximate surface area is 191 Å². The van der Waals surface area contributed by atoms with E-state index in [-0.39, 0.29) is 29.9 Å². The highest BCUT2D eigenvalue weighted by Crippen LogP contribution is 2.07. The lowest BCUT2D eigenvalue weighted by atomic mass is 10.1. The fourth-order valence-corrected chi connectivity index (χ4v) is 2.95. The van der Waals surface area contributed by atoms with Crippen LogP contribution in [0.4, 0.5) is 0 Å². The number of nitrogens with zero attached hydrogens (tertiary/aromatic N) is 2. The van der Waals surface area contributed by atoms with Crippen LogP contribution in [0.3, 0.4) is 0 Å². The van der Waals surface area contributed by atoms with Crippen molar-refractivity contribution in [2.45, 2.75) is 19.5 Å². The van der Waals surface area contributed by atoms with Crippen molar-refractivity contribution in [1.29, 1.82) is 0 Å². The van der Waals surface area contributed by atoms with E-state index in [2.05, 4.69) is 64.2 Å². The van der Waals surface area contributed by atoms with Crippen LogP contribution in [0.2, 0.25) is 0 Å². The Morgan fingerprint density at radius 1 is 1.00 bits per heavy atom. The molecule has 0 aromatic heterocycles. The number of nitrogens with one attached hydrogen (secondary N) is 3. The van der Waals surface area contributed by atoms with Gasteiger partial charge >= 0.3 is 0 Å². The van der Waals surface area contributed by atoms with Crippen LogP contribution in [0.5, 0.6) is 0 Å². The molecule has 2 aromatic carbocycles. The third-order valence-electron chi connectivity index (χ3n) is 4.30. The van der Waals surface area contributed by atoms with E-state index in [1.165, 1.54) is 11.1 Å². The van der Waals surface area contributed by atoms with Gasteiger partial charge in [-0.25, -0.2) is 0 Å². The van der Waals surface area contributed by atoms with Gasteiger partial charge in [-0.3, -0.25) is 9.79 Å².